The maximum atomic E-state index is 11.6. The van der Waals surface area contributed by atoms with E-state index in [-0.39, 0.29) is 5.91 Å². The summed E-state index contributed by atoms with van der Waals surface area (Å²) in [7, 11) is 0. The summed E-state index contributed by atoms with van der Waals surface area (Å²) in [6.07, 6.45) is 5.37. The van der Waals surface area contributed by atoms with E-state index in [1.165, 1.54) is 19.3 Å². The number of rotatable bonds is 4. The summed E-state index contributed by atoms with van der Waals surface area (Å²) >= 11 is 0. The molecule has 1 unspecified atom stereocenters. The van der Waals surface area contributed by atoms with Crippen molar-refractivity contribution in [1.82, 2.24) is 10.6 Å². The number of carbonyl (C=O) groups excluding carboxylic acids is 1. The third kappa shape index (κ3) is 3.20. The molecule has 3 heteroatoms. The molecule has 1 saturated heterocycles. The van der Waals surface area contributed by atoms with E-state index in [1.54, 1.807) is 0 Å². The van der Waals surface area contributed by atoms with Gasteiger partial charge in [0.15, 0.2) is 0 Å². The van der Waals surface area contributed by atoms with Crippen LogP contribution in [-0.2, 0) is 4.79 Å². The zero-order valence-electron chi connectivity index (χ0n) is 9.59. The number of nitrogens with one attached hydrogen (secondary N) is 2. The Morgan fingerprint density at radius 2 is 2.27 bits per heavy atom. The van der Waals surface area contributed by atoms with Crippen LogP contribution in [0.15, 0.2) is 0 Å². The molecule has 2 rings (SSSR count). The fourth-order valence-corrected chi connectivity index (χ4v) is 2.62. The van der Waals surface area contributed by atoms with Gasteiger partial charge in [-0.2, -0.15) is 0 Å². The zero-order valence-corrected chi connectivity index (χ0v) is 9.59. The lowest BCUT2D eigenvalue weighted by Gasteiger charge is -2.33. The third-order valence-corrected chi connectivity index (χ3v) is 3.68. The summed E-state index contributed by atoms with van der Waals surface area (Å²) in [5.41, 5.74) is 0. The standard InChI is InChI=1S/C12H22N2O/c1-9-6-11(7-9)14-12(15)3-2-10-4-5-13-8-10/h9-11,13H,2-8H2,1H3,(H,14,15). The number of carbonyl (C=O) groups is 1. The molecule has 0 aromatic heterocycles. The Morgan fingerprint density at radius 1 is 1.47 bits per heavy atom. The van der Waals surface area contributed by atoms with Crippen LogP contribution < -0.4 is 10.6 Å². The summed E-state index contributed by atoms with van der Waals surface area (Å²) in [4.78, 5) is 11.6. The highest BCUT2D eigenvalue weighted by molar-refractivity contribution is 5.76. The minimum atomic E-state index is 0.263. The molecule has 0 aromatic rings. The summed E-state index contributed by atoms with van der Waals surface area (Å²) < 4.78 is 0. The summed E-state index contributed by atoms with van der Waals surface area (Å²) in [6.45, 7) is 4.48. The van der Waals surface area contributed by atoms with Crippen molar-refractivity contribution in [2.45, 2.75) is 45.1 Å². The van der Waals surface area contributed by atoms with Gasteiger partial charge in [-0.1, -0.05) is 6.92 Å². The van der Waals surface area contributed by atoms with E-state index in [0.29, 0.717) is 6.04 Å². The van der Waals surface area contributed by atoms with Crippen LogP contribution >= 0.6 is 0 Å². The van der Waals surface area contributed by atoms with Gasteiger partial charge >= 0.3 is 0 Å². The molecule has 2 aliphatic rings. The van der Waals surface area contributed by atoms with Crippen LogP contribution in [0.5, 0.6) is 0 Å². The highest BCUT2D eigenvalue weighted by atomic mass is 16.1. The topological polar surface area (TPSA) is 41.1 Å². The Morgan fingerprint density at radius 3 is 2.87 bits per heavy atom. The van der Waals surface area contributed by atoms with E-state index in [1.807, 2.05) is 0 Å². The van der Waals surface area contributed by atoms with E-state index >= 15 is 0 Å². The fraction of sp³-hybridized carbons (Fsp3) is 0.917. The van der Waals surface area contributed by atoms with Crippen LogP contribution in [0.4, 0.5) is 0 Å². The van der Waals surface area contributed by atoms with Crippen molar-refractivity contribution in [2.24, 2.45) is 11.8 Å². The van der Waals surface area contributed by atoms with Crippen LogP contribution in [0.3, 0.4) is 0 Å². The zero-order chi connectivity index (χ0) is 10.7. The number of amides is 1. The Hall–Kier alpha value is -0.570. The second-order valence-corrected chi connectivity index (χ2v) is 5.24. The fourth-order valence-electron chi connectivity index (χ4n) is 2.62. The molecule has 0 aromatic carbocycles. The first-order valence-corrected chi connectivity index (χ1v) is 6.24. The van der Waals surface area contributed by atoms with Gasteiger partial charge in [-0.25, -0.2) is 0 Å². The van der Waals surface area contributed by atoms with E-state index in [9.17, 15) is 4.79 Å². The van der Waals surface area contributed by atoms with Gasteiger partial charge in [0.25, 0.3) is 0 Å². The SMILES string of the molecule is CC1CC(NC(=O)CCC2CCNC2)C1. The molecule has 2 fully saturated rings. The van der Waals surface area contributed by atoms with Crippen LogP contribution in [0.1, 0.15) is 39.0 Å². The summed E-state index contributed by atoms with van der Waals surface area (Å²) in [6, 6.07) is 0.481. The van der Waals surface area contributed by atoms with E-state index in [2.05, 4.69) is 17.6 Å². The number of hydrogen-bond donors (Lipinski definition) is 2. The second kappa shape index (κ2) is 4.97. The molecule has 86 valence electrons. The minimum absolute atomic E-state index is 0.263. The molecule has 0 radical (unpaired) electrons. The molecule has 2 N–H and O–H groups in total. The van der Waals surface area contributed by atoms with Crippen LogP contribution in [0, 0.1) is 11.8 Å². The lowest BCUT2D eigenvalue weighted by molar-refractivity contribution is -0.122. The number of hydrogen-bond acceptors (Lipinski definition) is 2. The van der Waals surface area contributed by atoms with Crippen molar-refractivity contribution in [1.29, 1.82) is 0 Å². The average Bonchev–Trinajstić information content (AvgIpc) is 2.65. The van der Waals surface area contributed by atoms with Gasteiger partial charge in [0.05, 0.1) is 0 Å². The Labute approximate surface area is 92.0 Å². The predicted octanol–water partition coefficient (Wildman–Crippen LogP) is 1.29. The smallest absolute Gasteiger partial charge is 0.220 e. The highest BCUT2D eigenvalue weighted by Gasteiger charge is 2.26. The molecule has 0 spiro atoms. The first-order chi connectivity index (χ1) is 7.24. The molecule has 3 nitrogen and oxygen atoms in total. The highest BCUT2D eigenvalue weighted by Crippen LogP contribution is 2.26. The molecule has 1 amide bonds. The van der Waals surface area contributed by atoms with E-state index < -0.39 is 0 Å². The molecular formula is C12H22N2O. The van der Waals surface area contributed by atoms with E-state index in [4.69, 9.17) is 0 Å². The summed E-state index contributed by atoms with van der Waals surface area (Å²) in [5, 5.41) is 6.44. The molecule has 1 aliphatic heterocycles. The Bertz CT molecular complexity index is 218. The Balaban J connectivity index is 1.56. The van der Waals surface area contributed by atoms with Crippen LogP contribution in [-0.4, -0.2) is 25.0 Å². The molecule has 0 bridgehead atoms. The van der Waals surface area contributed by atoms with Crippen LogP contribution in [0.25, 0.3) is 0 Å². The molecule has 1 aliphatic carbocycles. The minimum Gasteiger partial charge on any atom is -0.353 e. The molecular weight excluding hydrogens is 188 g/mol. The lowest BCUT2D eigenvalue weighted by Crippen LogP contribution is -2.43. The Kier molecular flexibility index (Phi) is 3.62. The van der Waals surface area contributed by atoms with Gasteiger partial charge < -0.3 is 10.6 Å². The van der Waals surface area contributed by atoms with E-state index in [0.717, 1.165) is 37.8 Å². The molecule has 1 heterocycles. The summed E-state index contributed by atoms with van der Waals surface area (Å²) in [5.74, 6) is 1.81. The van der Waals surface area contributed by atoms with Gasteiger partial charge in [-0.3, -0.25) is 4.79 Å². The molecule has 15 heavy (non-hydrogen) atoms. The third-order valence-electron chi connectivity index (χ3n) is 3.68. The van der Waals surface area contributed by atoms with Gasteiger partial charge in [0.1, 0.15) is 0 Å². The average molecular weight is 210 g/mol. The largest absolute Gasteiger partial charge is 0.353 e. The van der Waals surface area contributed by atoms with Crippen molar-refractivity contribution >= 4 is 5.91 Å². The normalized spacial score (nSPS) is 34.9. The van der Waals surface area contributed by atoms with Crippen molar-refractivity contribution in [3.63, 3.8) is 0 Å². The van der Waals surface area contributed by atoms with Gasteiger partial charge in [0.2, 0.25) is 5.91 Å². The molecule has 1 saturated carbocycles. The molecule has 1 atom stereocenters. The lowest BCUT2D eigenvalue weighted by atomic mass is 9.82. The van der Waals surface area contributed by atoms with Gasteiger partial charge in [-0.15, -0.1) is 0 Å². The van der Waals surface area contributed by atoms with Gasteiger partial charge in [-0.05, 0) is 50.6 Å². The first kappa shape index (κ1) is 10.9. The van der Waals surface area contributed by atoms with Crippen molar-refractivity contribution in [3.8, 4) is 0 Å². The first-order valence-electron chi connectivity index (χ1n) is 6.24. The second-order valence-electron chi connectivity index (χ2n) is 5.24. The quantitative estimate of drug-likeness (QED) is 0.734. The maximum Gasteiger partial charge on any atom is 0.220 e. The monoisotopic (exact) mass is 210 g/mol. The predicted molar refractivity (Wildman–Crippen MR) is 60.5 cm³/mol. The van der Waals surface area contributed by atoms with Crippen molar-refractivity contribution in [3.05, 3.63) is 0 Å². The maximum absolute atomic E-state index is 11.6. The van der Waals surface area contributed by atoms with Crippen molar-refractivity contribution in [2.75, 3.05) is 13.1 Å². The van der Waals surface area contributed by atoms with Crippen molar-refractivity contribution < 1.29 is 4.79 Å². The van der Waals surface area contributed by atoms with Gasteiger partial charge in [0, 0.05) is 12.5 Å². The van der Waals surface area contributed by atoms with Crippen LogP contribution in [0.2, 0.25) is 0 Å².